The third kappa shape index (κ3) is 5.42. The van der Waals surface area contributed by atoms with Crippen molar-refractivity contribution in [3.63, 3.8) is 0 Å². The molecule has 1 saturated heterocycles. The van der Waals surface area contributed by atoms with Crippen LogP contribution in [0.25, 0.3) is 11.4 Å². The van der Waals surface area contributed by atoms with E-state index in [1.54, 1.807) is 23.2 Å². The Kier molecular flexibility index (Phi) is 6.20. The van der Waals surface area contributed by atoms with Gasteiger partial charge in [0, 0.05) is 24.8 Å². The molecule has 0 aliphatic carbocycles. The average molecular weight is 409 g/mol. The van der Waals surface area contributed by atoms with Crippen LogP contribution < -0.4 is 0 Å². The molecule has 1 aliphatic heterocycles. The number of nitrogens with zero attached hydrogens (tertiary/aromatic N) is 4. The standard InChI is InChI=1S/C19H25ClN4O4/c1-12(17-22-16(23-28-17)13-5-6-15(20)21-11-13)26-14-7-9-24(10-8-14)18(25)27-19(2,3)4/h5-6,11-12,14H,7-10H2,1-4H3. The summed E-state index contributed by atoms with van der Waals surface area (Å²) in [4.78, 5) is 22.3. The second-order valence-corrected chi connectivity index (χ2v) is 8.16. The number of halogens is 1. The fraction of sp³-hybridized carbons (Fsp3) is 0.579. The van der Waals surface area contributed by atoms with Crippen LogP contribution in [0.5, 0.6) is 0 Å². The number of carbonyl (C=O) groups is 1. The van der Waals surface area contributed by atoms with Crippen molar-refractivity contribution in [1.82, 2.24) is 20.0 Å². The third-order valence-corrected chi connectivity index (χ3v) is 4.49. The molecule has 0 saturated carbocycles. The molecule has 3 rings (SSSR count). The van der Waals surface area contributed by atoms with Crippen LogP contribution in [-0.4, -0.2) is 50.9 Å². The zero-order valence-corrected chi connectivity index (χ0v) is 17.3. The first-order valence-corrected chi connectivity index (χ1v) is 9.68. The summed E-state index contributed by atoms with van der Waals surface area (Å²) in [7, 11) is 0. The number of amides is 1. The number of aromatic nitrogens is 3. The fourth-order valence-corrected chi connectivity index (χ4v) is 2.99. The Morgan fingerprint density at radius 2 is 2.04 bits per heavy atom. The number of hydrogen-bond acceptors (Lipinski definition) is 7. The van der Waals surface area contributed by atoms with Crippen molar-refractivity contribution in [3.8, 4) is 11.4 Å². The maximum atomic E-state index is 12.1. The lowest BCUT2D eigenvalue weighted by atomic mass is 10.1. The topological polar surface area (TPSA) is 90.6 Å². The van der Waals surface area contributed by atoms with Gasteiger partial charge in [0.1, 0.15) is 16.9 Å². The molecular weight excluding hydrogens is 384 g/mol. The van der Waals surface area contributed by atoms with E-state index in [0.29, 0.717) is 30.0 Å². The molecule has 1 unspecified atom stereocenters. The van der Waals surface area contributed by atoms with Crippen LogP contribution in [0.2, 0.25) is 5.15 Å². The van der Waals surface area contributed by atoms with Gasteiger partial charge in [-0.2, -0.15) is 4.98 Å². The second kappa shape index (κ2) is 8.45. The van der Waals surface area contributed by atoms with Gasteiger partial charge in [-0.05, 0) is 52.7 Å². The van der Waals surface area contributed by atoms with E-state index in [2.05, 4.69) is 15.1 Å². The predicted molar refractivity (Wildman–Crippen MR) is 103 cm³/mol. The SMILES string of the molecule is CC(OC1CCN(C(=O)OC(C)(C)C)CC1)c1nc(-c2ccc(Cl)nc2)no1. The Hall–Kier alpha value is -2.19. The summed E-state index contributed by atoms with van der Waals surface area (Å²) in [6, 6.07) is 3.45. The minimum atomic E-state index is -0.492. The van der Waals surface area contributed by atoms with Crippen molar-refractivity contribution < 1.29 is 18.8 Å². The van der Waals surface area contributed by atoms with Crippen molar-refractivity contribution >= 4 is 17.7 Å². The normalized spacial score (nSPS) is 16.8. The lowest BCUT2D eigenvalue weighted by Crippen LogP contribution is -2.43. The van der Waals surface area contributed by atoms with E-state index in [1.807, 2.05) is 27.7 Å². The minimum absolute atomic E-state index is 0.0150. The molecule has 2 aromatic rings. The number of ether oxygens (including phenoxy) is 2. The molecular formula is C19H25ClN4O4. The number of rotatable bonds is 4. The van der Waals surface area contributed by atoms with Gasteiger partial charge in [0.05, 0.1) is 6.10 Å². The summed E-state index contributed by atoms with van der Waals surface area (Å²) in [6.07, 6.45) is 2.43. The van der Waals surface area contributed by atoms with E-state index < -0.39 is 5.60 Å². The van der Waals surface area contributed by atoms with Gasteiger partial charge in [0.2, 0.25) is 5.82 Å². The largest absolute Gasteiger partial charge is 0.444 e. The molecule has 9 heteroatoms. The van der Waals surface area contributed by atoms with Crippen LogP contribution in [0.4, 0.5) is 4.79 Å². The van der Waals surface area contributed by atoms with Gasteiger partial charge in [0.15, 0.2) is 0 Å². The van der Waals surface area contributed by atoms with Gasteiger partial charge < -0.3 is 18.9 Å². The first-order chi connectivity index (χ1) is 13.2. The van der Waals surface area contributed by atoms with Crippen molar-refractivity contribution in [3.05, 3.63) is 29.4 Å². The first-order valence-electron chi connectivity index (χ1n) is 9.30. The van der Waals surface area contributed by atoms with Gasteiger partial charge in [-0.3, -0.25) is 0 Å². The van der Waals surface area contributed by atoms with Crippen LogP contribution in [0.15, 0.2) is 22.9 Å². The molecule has 2 aromatic heterocycles. The van der Waals surface area contributed by atoms with Gasteiger partial charge in [-0.25, -0.2) is 9.78 Å². The highest BCUT2D eigenvalue weighted by Gasteiger charge is 2.29. The molecule has 3 heterocycles. The maximum Gasteiger partial charge on any atom is 0.410 e. The second-order valence-electron chi connectivity index (χ2n) is 7.77. The lowest BCUT2D eigenvalue weighted by molar-refractivity contribution is -0.0509. The highest BCUT2D eigenvalue weighted by Crippen LogP contribution is 2.25. The van der Waals surface area contributed by atoms with E-state index >= 15 is 0 Å². The third-order valence-electron chi connectivity index (χ3n) is 4.27. The van der Waals surface area contributed by atoms with Crippen molar-refractivity contribution in [2.45, 2.75) is 58.3 Å². The van der Waals surface area contributed by atoms with Gasteiger partial charge >= 0.3 is 6.09 Å². The van der Waals surface area contributed by atoms with Gasteiger partial charge in [0.25, 0.3) is 5.89 Å². The summed E-state index contributed by atoms with van der Waals surface area (Å²) in [5.74, 6) is 0.842. The van der Waals surface area contributed by atoms with Crippen LogP contribution >= 0.6 is 11.6 Å². The number of likely N-dealkylation sites (tertiary alicyclic amines) is 1. The molecule has 0 aromatic carbocycles. The molecule has 0 radical (unpaired) electrons. The molecule has 8 nitrogen and oxygen atoms in total. The van der Waals surface area contributed by atoms with Crippen molar-refractivity contribution in [2.75, 3.05) is 13.1 Å². The summed E-state index contributed by atoms with van der Waals surface area (Å²) in [6.45, 7) is 8.65. The maximum absolute atomic E-state index is 12.1. The molecule has 1 amide bonds. The Bertz CT molecular complexity index is 795. The summed E-state index contributed by atoms with van der Waals surface area (Å²) < 4.78 is 16.8. The summed E-state index contributed by atoms with van der Waals surface area (Å²) in [5, 5.41) is 4.39. The summed E-state index contributed by atoms with van der Waals surface area (Å²) >= 11 is 5.80. The smallest absolute Gasteiger partial charge is 0.410 e. The number of pyridine rings is 1. The number of carbonyl (C=O) groups excluding carboxylic acids is 1. The van der Waals surface area contributed by atoms with Crippen molar-refractivity contribution in [1.29, 1.82) is 0 Å². The molecule has 1 aliphatic rings. The molecule has 28 heavy (non-hydrogen) atoms. The van der Waals surface area contributed by atoms with Crippen LogP contribution in [0, 0.1) is 0 Å². The van der Waals surface area contributed by atoms with Gasteiger partial charge in [-0.15, -0.1) is 0 Å². The molecule has 0 N–H and O–H groups in total. The lowest BCUT2D eigenvalue weighted by Gasteiger charge is -2.34. The summed E-state index contributed by atoms with van der Waals surface area (Å²) in [5.41, 5.74) is 0.228. The molecule has 0 spiro atoms. The Morgan fingerprint density at radius 3 is 2.64 bits per heavy atom. The number of piperidine rings is 1. The fourth-order valence-electron chi connectivity index (χ4n) is 2.87. The predicted octanol–water partition coefficient (Wildman–Crippen LogP) is 4.26. The highest BCUT2D eigenvalue weighted by molar-refractivity contribution is 6.29. The van der Waals surface area contributed by atoms with E-state index in [0.717, 1.165) is 18.4 Å². The van der Waals surface area contributed by atoms with Crippen LogP contribution in [0.3, 0.4) is 0 Å². The zero-order valence-electron chi connectivity index (χ0n) is 16.5. The van der Waals surface area contributed by atoms with Crippen molar-refractivity contribution in [2.24, 2.45) is 0 Å². The minimum Gasteiger partial charge on any atom is -0.444 e. The molecule has 1 fully saturated rings. The Balaban J connectivity index is 1.51. The van der Waals surface area contributed by atoms with Crippen LogP contribution in [0.1, 0.15) is 52.5 Å². The molecule has 0 bridgehead atoms. The van der Waals surface area contributed by atoms with E-state index in [1.165, 1.54) is 0 Å². The molecule has 1 atom stereocenters. The first kappa shape index (κ1) is 20.5. The molecule has 152 valence electrons. The van der Waals surface area contributed by atoms with Crippen LogP contribution in [-0.2, 0) is 9.47 Å². The number of hydrogen-bond donors (Lipinski definition) is 0. The van der Waals surface area contributed by atoms with E-state index in [4.69, 9.17) is 25.6 Å². The Morgan fingerprint density at radius 1 is 1.32 bits per heavy atom. The highest BCUT2D eigenvalue weighted by atomic mass is 35.5. The van der Waals surface area contributed by atoms with Gasteiger partial charge in [-0.1, -0.05) is 16.8 Å². The quantitative estimate of drug-likeness (QED) is 0.698. The monoisotopic (exact) mass is 408 g/mol. The van der Waals surface area contributed by atoms with E-state index in [-0.39, 0.29) is 18.3 Å². The zero-order chi connectivity index (χ0) is 20.3. The van der Waals surface area contributed by atoms with E-state index in [9.17, 15) is 4.79 Å². The Labute approximate surface area is 169 Å². The average Bonchev–Trinajstić information content (AvgIpc) is 3.12.